The summed E-state index contributed by atoms with van der Waals surface area (Å²) in [6.07, 6.45) is 3.77. The lowest BCUT2D eigenvalue weighted by Crippen LogP contribution is -2.45. The van der Waals surface area contributed by atoms with Gasteiger partial charge < -0.3 is 14.9 Å². The van der Waals surface area contributed by atoms with Crippen molar-refractivity contribution in [1.82, 2.24) is 0 Å². The minimum atomic E-state index is -0.179. The number of ether oxygens (including phenoxy) is 1. The second-order valence-corrected chi connectivity index (χ2v) is 6.43. The molecule has 0 aliphatic heterocycles. The number of hydrogen-bond acceptors (Lipinski definition) is 3. The van der Waals surface area contributed by atoms with Gasteiger partial charge in [0.1, 0.15) is 0 Å². The predicted molar refractivity (Wildman–Crippen MR) is 77.0 cm³/mol. The van der Waals surface area contributed by atoms with E-state index in [2.05, 4.69) is 12.1 Å². The molecule has 0 spiro atoms. The molecule has 3 heteroatoms. The third kappa shape index (κ3) is 3.05. The van der Waals surface area contributed by atoms with Crippen LogP contribution in [0.25, 0.3) is 0 Å². The number of aliphatic hydroxyl groups is 2. The van der Waals surface area contributed by atoms with Crippen molar-refractivity contribution >= 4 is 0 Å². The number of fused-ring (bicyclic) bond motifs is 2. The summed E-state index contributed by atoms with van der Waals surface area (Å²) in [6.45, 7) is 0.793. The van der Waals surface area contributed by atoms with Crippen molar-refractivity contribution in [3.8, 4) is 0 Å². The van der Waals surface area contributed by atoms with Gasteiger partial charge in [0.15, 0.2) is 0 Å². The second kappa shape index (κ2) is 6.25. The minimum Gasteiger partial charge on any atom is -0.396 e. The Balaban J connectivity index is 1.66. The summed E-state index contributed by atoms with van der Waals surface area (Å²) in [5.74, 6) is 1.20. The van der Waals surface area contributed by atoms with Gasteiger partial charge in [-0.15, -0.1) is 0 Å². The van der Waals surface area contributed by atoms with Crippen LogP contribution in [0.5, 0.6) is 0 Å². The van der Waals surface area contributed by atoms with E-state index in [1.54, 1.807) is 0 Å². The zero-order valence-corrected chi connectivity index (χ0v) is 11.8. The van der Waals surface area contributed by atoms with Crippen molar-refractivity contribution in [2.45, 2.75) is 44.5 Å². The molecular formula is C17H24O3. The number of aliphatic hydroxyl groups excluding tert-OH is 2. The summed E-state index contributed by atoms with van der Waals surface area (Å²) in [5, 5.41) is 19.6. The molecule has 2 aliphatic rings. The van der Waals surface area contributed by atoms with E-state index in [1.807, 2.05) is 18.2 Å². The number of rotatable bonds is 4. The van der Waals surface area contributed by atoms with Crippen LogP contribution >= 0.6 is 0 Å². The van der Waals surface area contributed by atoms with Crippen LogP contribution in [-0.4, -0.2) is 29.0 Å². The van der Waals surface area contributed by atoms with Gasteiger partial charge >= 0.3 is 0 Å². The molecule has 1 aromatic carbocycles. The van der Waals surface area contributed by atoms with Crippen LogP contribution in [0.2, 0.25) is 0 Å². The first kappa shape index (κ1) is 14.1. The summed E-state index contributed by atoms with van der Waals surface area (Å²) in [4.78, 5) is 0. The Kier molecular flexibility index (Phi) is 4.39. The molecule has 5 atom stereocenters. The van der Waals surface area contributed by atoms with E-state index in [0.717, 1.165) is 25.7 Å². The number of hydrogen-bond donors (Lipinski definition) is 2. The van der Waals surface area contributed by atoms with Crippen LogP contribution in [0, 0.1) is 17.8 Å². The van der Waals surface area contributed by atoms with Crippen LogP contribution in [0.15, 0.2) is 30.3 Å². The fourth-order valence-corrected chi connectivity index (χ4v) is 4.08. The molecule has 20 heavy (non-hydrogen) atoms. The standard InChI is InChI=1S/C17H24O3/c18-10-15-7-13-6-14(9-16(19)8-13)17(15)20-11-12-4-2-1-3-5-12/h1-5,13-19H,6-11H2. The van der Waals surface area contributed by atoms with Gasteiger partial charge in [-0.05, 0) is 43.1 Å². The Bertz CT molecular complexity index is 418. The number of benzene rings is 1. The Hall–Kier alpha value is -0.900. The van der Waals surface area contributed by atoms with Crippen molar-refractivity contribution in [3.63, 3.8) is 0 Å². The molecule has 110 valence electrons. The van der Waals surface area contributed by atoms with Gasteiger partial charge in [0, 0.05) is 12.5 Å². The molecule has 0 radical (unpaired) electrons. The lowest BCUT2D eigenvalue weighted by molar-refractivity contribution is -0.115. The van der Waals surface area contributed by atoms with E-state index in [-0.39, 0.29) is 24.7 Å². The highest BCUT2D eigenvalue weighted by molar-refractivity contribution is 5.13. The molecule has 0 saturated heterocycles. The lowest BCUT2D eigenvalue weighted by Gasteiger charge is -2.46. The first-order valence-corrected chi connectivity index (χ1v) is 7.70. The molecule has 2 bridgehead atoms. The zero-order valence-electron chi connectivity index (χ0n) is 11.8. The molecule has 2 N–H and O–H groups in total. The molecule has 3 nitrogen and oxygen atoms in total. The van der Waals surface area contributed by atoms with Crippen LogP contribution in [0.3, 0.4) is 0 Å². The summed E-state index contributed by atoms with van der Waals surface area (Å²) in [5.41, 5.74) is 1.17. The largest absolute Gasteiger partial charge is 0.396 e. The van der Waals surface area contributed by atoms with Crippen molar-refractivity contribution in [3.05, 3.63) is 35.9 Å². The Morgan fingerprint density at radius 3 is 2.60 bits per heavy atom. The SMILES string of the molecule is OCC1CC2CC(O)CC(C2)C1OCc1ccccc1. The maximum Gasteiger partial charge on any atom is 0.0720 e. The van der Waals surface area contributed by atoms with Gasteiger partial charge in [-0.3, -0.25) is 0 Å². The van der Waals surface area contributed by atoms with E-state index in [9.17, 15) is 10.2 Å². The van der Waals surface area contributed by atoms with Crippen molar-refractivity contribution in [1.29, 1.82) is 0 Å². The molecule has 2 aliphatic carbocycles. The van der Waals surface area contributed by atoms with Crippen molar-refractivity contribution in [2.24, 2.45) is 17.8 Å². The smallest absolute Gasteiger partial charge is 0.0720 e. The first-order valence-electron chi connectivity index (χ1n) is 7.70. The van der Waals surface area contributed by atoms with E-state index in [1.165, 1.54) is 5.56 Å². The summed E-state index contributed by atoms with van der Waals surface area (Å²) < 4.78 is 6.14. The van der Waals surface area contributed by atoms with E-state index < -0.39 is 0 Å². The molecular weight excluding hydrogens is 252 g/mol. The van der Waals surface area contributed by atoms with Gasteiger partial charge in [-0.1, -0.05) is 30.3 Å². The predicted octanol–water partition coefficient (Wildman–Crippen LogP) is 2.36. The fourth-order valence-electron chi connectivity index (χ4n) is 4.08. The Morgan fingerprint density at radius 1 is 1.05 bits per heavy atom. The van der Waals surface area contributed by atoms with Gasteiger partial charge in [-0.2, -0.15) is 0 Å². The average Bonchev–Trinajstić information content (AvgIpc) is 2.46. The monoisotopic (exact) mass is 276 g/mol. The average molecular weight is 276 g/mol. The van der Waals surface area contributed by atoms with Crippen LogP contribution in [0.4, 0.5) is 0 Å². The quantitative estimate of drug-likeness (QED) is 0.887. The van der Waals surface area contributed by atoms with E-state index >= 15 is 0 Å². The highest BCUT2D eigenvalue weighted by Crippen LogP contribution is 2.44. The van der Waals surface area contributed by atoms with Crippen LogP contribution < -0.4 is 0 Å². The molecule has 3 rings (SSSR count). The third-order valence-corrected chi connectivity index (χ3v) is 4.90. The maximum atomic E-state index is 9.96. The summed E-state index contributed by atoms with van der Waals surface area (Å²) >= 11 is 0. The van der Waals surface area contributed by atoms with Gasteiger partial charge in [0.2, 0.25) is 0 Å². The zero-order chi connectivity index (χ0) is 13.9. The first-order chi connectivity index (χ1) is 9.76. The van der Waals surface area contributed by atoms with E-state index in [0.29, 0.717) is 18.4 Å². The Labute approximate surface area is 120 Å². The lowest BCUT2D eigenvalue weighted by atomic mass is 9.65. The van der Waals surface area contributed by atoms with E-state index in [4.69, 9.17) is 4.74 Å². The van der Waals surface area contributed by atoms with Crippen molar-refractivity contribution < 1.29 is 14.9 Å². The summed E-state index contributed by atoms with van der Waals surface area (Å²) in [7, 11) is 0. The molecule has 0 heterocycles. The normalized spacial score (nSPS) is 36.8. The highest BCUT2D eigenvalue weighted by atomic mass is 16.5. The topological polar surface area (TPSA) is 49.7 Å². The van der Waals surface area contributed by atoms with Gasteiger partial charge in [-0.25, -0.2) is 0 Å². The molecule has 5 unspecified atom stereocenters. The summed E-state index contributed by atoms with van der Waals surface area (Å²) in [6, 6.07) is 10.2. The van der Waals surface area contributed by atoms with Crippen molar-refractivity contribution in [2.75, 3.05) is 6.61 Å². The highest BCUT2D eigenvalue weighted by Gasteiger charge is 2.42. The van der Waals surface area contributed by atoms with Gasteiger partial charge in [0.05, 0.1) is 18.8 Å². The molecule has 1 aromatic rings. The third-order valence-electron chi connectivity index (χ3n) is 4.90. The second-order valence-electron chi connectivity index (χ2n) is 6.43. The maximum absolute atomic E-state index is 9.96. The fraction of sp³-hybridized carbons (Fsp3) is 0.647. The van der Waals surface area contributed by atoms with Gasteiger partial charge in [0.25, 0.3) is 0 Å². The molecule has 2 saturated carbocycles. The molecule has 2 fully saturated rings. The van der Waals surface area contributed by atoms with Crippen LogP contribution in [-0.2, 0) is 11.3 Å². The Morgan fingerprint density at radius 2 is 1.85 bits per heavy atom. The van der Waals surface area contributed by atoms with Crippen LogP contribution in [0.1, 0.15) is 31.2 Å². The minimum absolute atomic E-state index is 0.0893. The molecule has 0 amide bonds. The molecule has 0 aromatic heterocycles.